The maximum Gasteiger partial charge on any atom is 0.321 e. The maximum absolute atomic E-state index is 12.1. The lowest BCUT2D eigenvalue weighted by Crippen LogP contribution is -2.44. The van der Waals surface area contributed by atoms with E-state index in [1.807, 2.05) is 24.3 Å². The van der Waals surface area contributed by atoms with E-state index in [-0.39, 0.29) is 12.6 Å². The van der Waals surface area contributed by atoms with Crippen LogP contribution in [-0.2, 0) is 4.79 Å². The molecule has 1 aliphatic rings. The van der Waals surface area contributed by atoms with Crippen molar-refractivity contribution in [3.8, 4) is 0 Å². The number of carboxylic acids is 1. The summed E-state index contributed by atoms with van der Waals surface area (Å²) < 4.78 is 1.04. The highest BCUT2D eigenvalue weighted by Crippen LogP contribution is 2.18. The number of piperidine rings is 1. The number of benzene rings is 1. The number of amides is 2. The van der Waals surface area contributed by atoms with Gasteiger partial charge in [0.1, 0.15) is 0 Å². The number of likely N-dealkylation sites (tertiary alicyclic amines) is 1. The standard InChI is InChI=1S/C13H15IN2O3/c14-10-4-1-5-11(7-10)15-13(19)16-6-2-3-9(8-16)12(17)18/h1,4-5,7,9H,2-3,6,8H2,(H,15,19)(H,17,18)/t9-/m0/s1. The third-order valence-corrected chi connectivity index (χ3v) is 3.80. The normalized spacial score (nSPS) is 19.0. The zero-order chi connectivity index (χ0) is 13.8. The fraction of sp³-hybridized carbons (Fsp3) is 0.385. The fourth-order valence-corrected chi connectivity index (χ4v) is 2.68. The molecule has 0 saturated carbocycles. The van der Waals surface area contributed by atoms with Crippen LogP contribution in [0.2, 0.25) is 0 Å². The number of aliphatic carboxylic acids is 1. The van der Waals surface area contributed by atoms with Gasteiger partial charge in [0.25, 0.3) is 0 Å². The van der Waals surface area contributed by atoms with Crippen LogP contribution in [0.5, 0.6) is 0 Å². The number of nitrogens with zero attached hydrogens (tertiary/aromatic N) is 1. The molecule has 0 radical (unpaired) electrons. The number of carboxylic acid groups (broad SMARTS) is 1. The van der Waals surface area contributed by atoms with Crippen LogP contribution in [-0.4, -0.2) is 35.1 Å². The first-order valence-corrected chi connectivity index (χ1v) is 7.18. The Balaban J connectivity index is 1.98. The van der Waals surface area contributed by atoms with Crippen molar-refractivity contribution < 1.29 is 14.7 Å². The Morgan fingerprint density at radius 1 is 1.42 bits per heavy atom. The van der Waals surface area contributed by atoms with E-state index in [4.69, 9.17) is 5.11 Å². The Morgan fingerprint density at radius 3 is 2.89 bits per heavy atom. The maximum atomic E-state index is 12.1. The average Bonchev–Trinajstić information content (AvgIpc) is 2.39. The Morgan fingerprint density at radius 2 is 2.21 bits per heavy atom. The summed E-state index contributed by atoms with van der Waals surface area (Å²) in [5.41, 5.74) is 0.731. The third-order valence-electron chi connectivity index (χ3n) is 3.13. The lowest BCUT2D eigenvalue weighted by atomic mass is 9.99. The number of halogens is 1. The lowest BCUT2D eigenvalue weighted by molar-refractivity contribution is -0.143. The summed E-state index contributed by atoms with van der Waals surface area (Å²) in [6.45, 7) is 0.893. The van der Waals surface area contributed by atoms with Crippen LogP contribution in [0.3, 0.4) is 0 Å². The van der Waals surface area contributed by atoms with E-state index in [2.05, 4.69) is 27.9 Å². The molecule has 1 atom stereocenters. The van der Waals surface area contributed by atoms with Crippen LogP contribution in [0.15, 0.2) is 24.3 Å². The van der Waals surface area contributed by atoms with Gasteiger partial charge in [0.05, 0.1) is 5.92 Å². The molecule has 2 N–H and O–H groups in total. The van der Waals surface area contributed by atoms with E-state index in [0.29, 0.717) is 13.0 Å². The highest BCUT2D eigenvalue weighted by atomic mass is 127. The van der Waals surface area contributed by atoms with E-state index < -0.39 is 11.9 Å². The topological polar surface area (TPSA) is 69.6 Å². The second kappa shape index (κ2) is 6.23. The SMILES string of the molecule is O=C(O)[C@H]1CCCN(C(=O)Nc2cccc(I)c2)C1. The van der Waals surface area contributed by atoms with E-state index >= 15 is 0 Å². The Bertz CT molecular complexity index is 493. The van der Waals surface area contributed by atoms with Gasteiger partial charge in [-0.1, -0.05) is 6.07 Å². The minimum atomic E-state index is -0.827. The molecule has 1 saturated heterocycles. The predicted molar refractivity (Wildman–Crippen MR) is 80.1 cm³/mol. The summed E-state index contributed by atoms with van der Waals surface area (Å²) in [6.07, 6.45) is 1.37. The van der Waals surface area contributed by atoms with Gasteiger partial charge in [-0.15, -0.1) is 0 Å². The molecule has 1 aliphatic heterocycles. The summed E-state index contributed by atoms with van der Waals surface area (Å²) in [5.74, 6) is -1.28. The molecule has 1 fully saturated rings. The highest BCUT2D eigenvalue weighted by molar-refractivity contribution is 14.1. The van der Waals surface area contributed by atoms with Gasteiger partial charge in [0, 0.05) is 22.3 Å². The van der Waals surface area contributed by atoms with Crippen molar-refractivity contribution in [2.75, 3.05) is 18.4 Å². The molecule has 2 amide bonds. The number of rotatable bonds is 2. The van der Waals surface area contributed by atoms with Crippen molar-refractivity contribution in [1.82, 2.24) is 4.90 Å². The number of hydrogen-bond donors (Lipinski definition) is 2. The molecular weight excluding hydrogens is 359 g/mol. The van der Waals surface area contributed by atoms with Crippen molar-refractivity contribution >= 4 is 40.3 Å². The molecule has 19 heavy (non-hydrogen) atoms. The first-order chi connectivity index (χ1) is 9.06. The predicted octanol–water partition coefficient (Wildman–Crippen LogP) is 2.62. The van der Waals surface area contributed by atoms with Gasteiger partial charge in [-0.05, 0) is 53.6 Å². The average molecular weight is 374 g/mol. The number of carbonyl (C=O) groups is 2. The number of hydrogen-bond acceptors (Lipinski definition) is 2. The largest absolute Gasteiger partial charge is 0.481 e. The van der Waals surface area contributed by atoms with Gasteiger partial charge in [-0.3, -0.25) is 4.79 Å². The van der Waals surface area contributed by atoms with Gasteiger partial charge in [0.2, 0.25) is 0 Å². The first kappa shape index (κ1) is 14.1. The monoisotopic (exact) mass is 374 g/mol. The minimum absolute atomic E-state index is 0.229. The Kier molecular flexibility index (Phi) is 4.62. The van der Waals surface area contributed by atoms with Gasteiger partial charge < -0.3 is 15.3 Å². The molecule has 1 heterocycles. The van der Waals surface area contributed by atoms with E-state index in [1.54, 1.807) is 4.90 Å². The van der Waals surface area contributed by atoms with Gasteiger partial charge in [-0.25, -0.2) is 4.79 Å². The Hall–Kier alpha value is -1.31. The second-order valence-corrected chi connectivity index (χ2v) is 5.81. The van der Waals surface area contributed by atoms with Crippen molar-refractivity contribution in [3.05, 3.63) is 27.8 Å². The molecular formula is C13H15IN2O3. The molecule has 1 aromatic rings. The van der Waals surface area contributed by atoms with Crippen molar-refractivity contribution in [2.24, 2.45) is 5.92 Å². The van der Waals surface area contributed by atoms with Crippen molar-refractivity contribution in [2.45, 2.75) is 12.8 Å². The molecule has 0 aliphatic carbocycles. The number of nitrogens with one attached hydrogen (secondary N) is 1. The number of anilines is 1. The van der Waals surface area contributed by atoms with Crippen LogP contribution >= 0.6 is 22.6 Å². The summed E-state index contributed by atoms with van der Waals surface area (Å²) in [5, 5.41) is 11.8. The third kappa shape index (κ3) is 3.82. The van der Waals surface area contributed by atoms with Crippen LogP contribution in [0.25, 0.3) is 0 Å². The Labute approximate surface area is 125 Å². The van der Waals surface area contributed by atoms with Gasteiger partial charge in [-0.2, -0.15) is 0 Å². The molecule has 5 nitrogen and oxygen atoms in total. The number of urea groups is 1. The highest BCUT2D eigenvalue weighted by Gasteiger charge is 2.28. The van der Waals surface area contributed by atoms with Crippen molar-refractivity contribution in [1.29, 1.82) is 0 Å². The van der Waals surface area contributed by atoms with Crippen LogP contribution in [0.1, 0.15) is 12.8 Å². The second-order valence-electron chi connectivity index (χ2n) is 4.56. The molecule has 0 bridgehead atoms. The van der Waals surface area contributed by atoms with Crippen LogP contribution in [0, 0.1) is 9.49 Å². The van der Waals surface area contributed by atoms with Crippen LogP contribution in [0.4, 0.5) is 10.5 Å². The summed E-state index contributed by atoms with van der Waals surface area (Å²) in [4.78, 5) is 24.6. The number of carbonyl (C=O) groups excluding carboxylic acids is 1. The minimum Gasteiger partial charge on any atom is -0.481 e. The molecule has 1 aromatic carbocycles. The molecule has 2 rings (SSSR count). The zero-order valence-electron chi connectivity index (χ0n) is 10.3. The smallest absolute Gasteiger partial charge is 0.321 e. The summed E-state index contributed by atoms with van der Waals surface area (Å²) in [6, 6.07) is 7.27. The fourth-order valence-electron chi connectivity index (χ4n) is 2.13. The van der Waals surface area contributed by atoms with Crippen molar-refractivity contribution in [3.63, 3.8) is 0 Å². The van der Waals surface area contributed by atoms with Gasteiger partial charge >= 0.3 is 12.0 Å². The zero-order valence-corrected chi connectivity index (χ0v) is 12.5. The molecule has 0 spiro atoms. The van der Waals surface area contributed by atoms with E-state index in [9.17, 15) is 9.59 Å². The van der Waals surface area contributed by atoms with Crippen LogP contribution < -0.4 is 5.32 Å². The first-order valence-electron chi connectivity index (χ1n) is 6.10. The van der Waals surface area contributed by atoms with Gasteiger partial charge in [0.15, 0.2) is 0 Å². The molecule has 0 aromatic heterocycles. The van der Waals surface area contributed by atoms with E-state index in [1.165, 1.54) is 0 Å². The quantitative estimate of drug-likeness (QED) is 0.782. The molecule has 0 unspecified atom stereocenters. The summed E-state index contributed by atoms with van der Waals surface area (Å²) in [7, 11) is 0. The molecule has 102 valence electrons. The molecule has 6 heteroatoms. The van der Waals surface area contributed by atoms with E-state index in [0.717, 1.165) is 15.7 Å². The lowest BCUT2D eigenvalue weighted by Gasteiger charge is -2.30. The summed E-state index contributed by atoms with van der Waals surface area (Å²) >= 11 is 2.18.